The first-order chi connectivity index (χ1) is 18.2. The number of aliphatic hydroxyl groups excluding tert-OH is 1. The van der Waals surface area contributed by atoms with E-state index < -0.39 is 40.8 Å². The van der Waals surface area contributed by atoms with Crippen LogP contribution in [-0.4, -0.2) is 78.3 Å². The molecule has 0 amide bonds. The van der Waals surface area contributed by atoms with Crippen molar-refractivity contribution in [2.45, 2.75) is 94.4 Å². The van der Waals surface area contributed by atoms with Gasteiger partial charge >= 0.3 is 11.9 Å². The monoisotopic (exact) mass is 528 g/mol. The largest absolute Gasteiger partial charge is 0.462 e. The summed E-state index contributed by atoms with van der Waals surface area (Å²) in [5.41, 5.74) is -0.926. The second-order valence-electron chi connectivity index (χ2n) is 11.8. The molecule has 8 atom stereocenters. The first-order valence-corrected chi connectivity index (χ1v) is 13.7. The Labute approximate surface area is 222 Å². The summed E-state index contributed by atoms with van der Waals surface area (Å²) in [5.74, 6) is -1.49. The number of fused-ring (bicyclic) bond motifs is 2. The minimum atomic E-state index is -1.43. The molecular weight excluding hydrogens is 492 g/mol. The summed E-state index contributed by atoms with van der Waals surface area (Å²) in [7, 11) is 0. The van der Waals surface area contributed by atoms with E-state index in [1.54, 1.807) is 6.08 Å². The van der Waals surface area contributed by atoms with Gasteiger partial charge < -0.3 is 28.8 Å². The lowest BCUT2D eigenvalue weighted by Crippen LogP contribution is -2.60. The highest BCUT2D eigenvalue weighted by atomic mass is 16.6. The van der Waals surface area contributed by atoms with Crippen molar-refractivity contribution in [2.75, 3.05) is 19.8 Å². The van der Waals surface area contributed by atoms with Crippen LogP contribution in [0.3, 0.4) is 0 Å². The zero-order chi connectivity index (χ0) is 26.7. The Morgan fingerprint density at radius 1 is 1.11 bits per heavy atom. The third-order valence-corrected chi connectivity index (χ3v) is 9.65. The molecule has 0 aromatic carbocycles. The van der Waals surface area contributed by atoms with E-state index in [9.17, 15) is 19.5 Å². The van der Waals surface area contributed by atoms with Gasteiger partial charge in [-0.1, -0.05) is 17.7 Å². The molecule has 1 N–H and O–H groups in total. The van der Waals surface area contributed by atoms with E-state index in [0.29, 0.717) is 44.3 Å². The van der Waals surface area contributed by atoms with Crippen LogP contribution in [0.4, 0.5) is 0 Å². The van der Waals surface area contributed by atoms with E-state index in [4.69, 9.17) is 23.7 Å². The Kier molecular flexibility index (Phi) is 6.41. The topological polar surface area (TPSA) is 121 Å². The van der Waals surface area contributed by atoms with Crippen LogP contribution in [0.5, 0.6) is 0 Å². The van der Waals surface area contributed by atoms with Gasteiger partial charge in [-0.3, -0.25) is 4.79 Å². The van der Waals surface area contributed by atoms with Crippen LogP contribution < -0.4 is 0 Å². The van der Waals surface area contributed by atoms with Crippen LogP contribution in [0, 0.1) is 11.3 Å². The van der Waals surface area contributed by atoms with Gasteiger partial charge in [-0.25, -0.2) is 9.59 Å². The number of esters is 2. The Morgan fingerprint density at radius 3 is 2.68 bits per heavy atom. The van der Waals surface area contributed by atoms with Gasteiger partial charge in [0.05, 0.1) is 25.4 Å². The van der Waals surface area contributed by atoms with Crippen molar-refractivity contribution in [1.29, 1.82) is 0 Å². The molecule has 6 aliphatic rings. The highest BCUT2D eigenvalue weighted by Crippen LogP contribution is 2.65. The van der Waals surface area contributed by atoms with E-state index in [1.165, 1.54) is 24.6 Å². The first kappa shape index (κ1) is 25.9. The van der Waals surface area contributed by atoms with Crippen LogP contribution >= 0.6 is 0 Å². The molecule has 4 aliphatic heterocycles. The Balaban J connectivity index is 1.37. The van der Waals surface area contributed by atoms with Gasteiger partial charge in [-0.05, 0) is 57.9 Å². The fourth-order valence-electron chi connectivity index (χ4n) is 7.61. The maximum atomic E-state index is 13.2. The molecule has 0 aromatic rings. The van der Waals surface area contributed by atoms with Gasteiger partial charge in [0, 0.05) is 29.9 Å². The fraction of sp³-hybridized carbons (Fsp3) is 0.690. The standard InChI is InChI=1S/C29H36O9/c1-17-7-10-27-15-34-24(32)13-19-8-11-35-28(18(2)30,26(19)33)9-5-3-4-6-23(31)37-20-14-22(38-21(27)12-17)29(16-36-29)25(20)27/h4,6,12-13,20-22,25-26,33H,3,5,7-11,14-16H2,1-2H3. The summed E-state index contributed by atoms with van der Waals surface area (Å²) < 4.78 is 30.4. The zero-order valence-corrected chi connectivity index (χ0v) is 22.0. The van der Waals surface area contributed by atoms with Crippen molar-refractivity contribution < 1.29 is 43.2 Å². The molecule has 3 saturated heterocycles. The van der Waals surface area contributed by atoms with Gasteiger partial charge in [0.15, 0.2) is 11.4 Å². The molecule has 206 valence electrons. The average Bonchev–Trinajstić information content (AvgIpc) is 3.61. The Bertz CT molecular complexity index is 1120. The molecule has 2 spiro atoms. The maximum Gasteiger partial charge on any atom is 0.330 e. The Morgan fingerprint density at radius 2 is 1.92 bits per heavy atom. The second-order valence-corrected chi connectivity index (χ2v) is 11.8. The van der Waals surface area contributed by atoms with Gasteiger partial charge in [0.25, 0.3) is 0 Å². The number of ketones is 1. The smallest absolute Gasteiger partial charge is 0.330 e. The number of ether oxygens (including phenoxy) is 5. The number of carbonyl (C=O) groups excluding carboxylic acids is 3. The molecule has 2 aliphatic carbocycles. The molecule has 4 fully saturated rings. The quantitative estimate of drug-likeness (QED) is 0.311. The zero-order valence-electron chi connectivity index (χ0n) is 22.0. The highest BCUT2D eigenvalue weighted by Gasteiger charge is 2.76. The lowest BCUT2D eigenvalue weighted by Gasteiger charge is -2.52. The van der Waals surface area contributed by atoms with Gasteiger partial charge in [0.2, 0.25) is 0 Å². The second kappa shape index (κ2) is 9.40. The van der Waals surface area contributed by atoms with Crippen molar-refractivity contribution in [3.8, 4) is 0 Å². The minimum Gasteiger partial charge on any atom is -0.462 e. The van der Waals surface area contributed by atoms with Gasteiger partial charge in [0.1, 0.15) is 24.4 Å². The summed E-state index contributed by atoms with van der Waals surface area (Å²) in [6.07, 6.45) is 8.12. The molecule has 4 bridgehead atoms. The number of cyclic esters (lactones) is 1. The predicted molar refractivity (Wildman–Crippen MR) is 133 cm³/mol. The number of allylic oxidation sites excluding steroid dienone is 2. The summed E-state index contributed by atoms with van der Waals surface area (Å²) in [6, 6.07) is 0. The summed E-state index contributed by atoms with van der Waals surface area (Å²) in [6.45, 7) is 4.28. The third kappa shape index (κ3) is 4.01. The summed E-state index contributed by atoms with van der Waals surface area (Å²) >= 11 is 0. The maximum absolute atomic E-state index is 13.2. The van der Waals surface area contributed by atoms with Crippen LogP contribution in [0.15, 0.2) is 35.5 Å². The number of hydrogen-bond donors (Lipinski definition) is 1. The van der Waals surface area contributed by atoms with E-state index in [-0.39, 0.29) is 43.5 Å². The molecule has 9 nitrogen and oxygen atoms in total. The summed E-state index contributed by atoms with van der Waals surface area (Å²) in [4.78, 5) is 38.7. The normalized spacial score (nSPS) is 44.8. The number of carbonyl (C=O) groups is 3. The average molecular weight is 529 g/mol. The van der Waals surface area contributed by atoms with Gasteiger partial charge in [-0.2, -0.15) is 0 Å². The van der Waals surface area contributed by atoms with Crippen LogP contribution in [0.1, 0.15) is 58.8 Å². The molecule has 9 heteroatoms. The predicted octanol–water partition coefficient (Wildman–Crippen LogP) is 2.50. The molecule has 38 heavy (non-hydrogen) atoms. The SMILES string of the molecule is CC(=O)C12CCCC=CC(=O)OC3CC4OC5C=C(C)CCC5(COC(=O)C=C(CCO1)C2O)C3C41CO1. The number of rotatable bonds is 1. The lowest BCUT2D eigenvalue weighted by molar-refractivity contribution is -0.194. The first-order valence-electron chi connectivity index (χ1n) is 13.7. The van der Waals surface area contributed by atoms with E-state index in [2.05, 4.69) is 13.0 Å². The highest BCUT2D eigenvalue weighted by molar-refractivity contribution is 5.88. The van der Waals surface area contributed by atoms with Crippen molar-refractivity contribution >= 4 is 17.7 Å². The minimum absolute atomic E-state index is 0.0703. The molecule has 1 saturated carbocycles. The van der Waals surface area contributed by atoms with Crippen molar-refractivity contribution in [3.63, 3.8) is 0 Å². The van der Waals surface area contributed by atoms with Crippen LogP contribution in [0.2, 0.25) is 0 Å². The van der Waals surface area contributed by atoms with E-state index >= 15 is 0 Å². The fourth-order valence-corrected chi connectivity index (χ4v) is 7.61. The Hall–Kier alpha value is -2.33. The summed E-state index contributed by atoms with van der Waals surface area (Å²) in [5, 5.41) is 11.2. The molecule has 0 radical (unpaired) electrons. The van der Waals surface area contributed by atoms with Crippen molar-refractivity contribution in [1.82, 2.24) is 0 Å². The van der Waals surface area contributed by atoms with E-state index in [0.717, 1.165) is 6.42 Å². The van der Waals surface area contributed by atoms with Crippen LogP contribution in [-0.2, 0) is 38.1 Å². The molecular formula is C29H36O9. The number of epoxide rings is 1. The third-order valence-electron chi connectivity index (χ3n) is 9.65. The van der Waals surface area contributed by atoms with E-state index in [1.807, 2.05) is 0 Å². The van der Waals surface area contributed by atoms with Crippen molar-refractivity contribution in [3.05, 3.63) is 35.5 Å². The molecule has 6 rings (SSSR count). The molecule has 8 unspecified atom stereocenters. The molecule has 4 heterocycles. The molecule has 0 aromatic heterocycles. The number of hydrogen-bond acceptors (Lipinski definition) is 9. The van der Waals surface area contributed by atoms with Gasteiger partial charge in [-0.15, -0.1) is 0 Å². The number of Topliss-reactive ketones (excluding diaryl/α,β-unsaturated/α-hetero) is 1. The lowest BCUT2D eigenvalue weighted by atomic mass is 9.60. The number of aliphatic hydroxyl groups is 1. The van der Waals surface area contributed by atoms with Crippen LogP contribution in [0.25, 0.3) is 0 Å². The van der Waals surface area contributed by atoms with Crippen molar-refractivity contribution in [2.24, 2.45) is 11.3 Å².